The minimum Gasteiger partial charge on any atom is -0.455 e. The molecule has 6 heteroatoms. The van der Waals surface area contributed by atoms with Gasteiger partial charge in [0.15, 0.2) is 0 Å². The van der Waals surface area contributed by atoms with Gasteiger partial charge in [0.25, 0.3) is 0 Å². The average molecular weight is 305 g/mol. The molecule has 0 saturated heterocycles. The molecule has 1 N–H and O–H groups in total. The third-order valence-electron chi connectivity index (χ3n) is 3.48. The molecule has 1 unspecified atom stereocenters. The first-order valence-electron chi connectivity index (χ1n) is 7.16. The van der Waals surface area contributed by atoms with Crippen LogP contribution >= 0.6 is 11.6 Å². The third-order valence-corrected chi connectivity index (χ3v) is 3.65. The summed E-state index contributed by atoms with van der Waals surface area (Å²) in [5.74, 6) is 0.441. The Hall–Kier alpha value is -1.88. The topological polar surface area (TPSA) is 59.9 Å². The fourth-order valence-corrected chi connectivity index (χ4v) is 2.73. The van der Waals surface area contributed by atoms with Crippen LogP contribution in [0.1, 0.15) is 37.0 Å². The highest BCUT2D eigenvalue weighted by Gasteiger charge is 2.22. The summed E-state index contributed by atoms with van der Waals surface area (Å²) in [6, 6.07) is 8.62. The van der Waals surface area contributed by atoms with E-state index in [9.17, 15) is 0 Å². The fourth-order valence-electron chi connectivity index (χ4n) is 2.58. The van der Waals surface area contributed by atoms with E-state index in [0.29, 0.717) is 12.5 Å². The van der Waals surface area contributed by atoms with E-state index in [1.54, 1.807) is 0 Å². The fraction of sp³-hybridized carbons (Fsp3) is 0.400. The lowest BCUT2D eigenvalue weighted by Crippen LogP contribution is -2.17. The number of aromatic nitrogens is 3. The van der Waals surface area contributed by atoms with Crippen LogP contribution in [-0.2, 0) is 6.42 Å². The number of anilines is 1. The van der Waals surface area contributed by atoms with E-state index >= 15 is 0 Å². The molecule has 0 bridgehead atoms. The molecule has 110 valence electrons. The van der Waals surface area contributed by atoms with E-state index in [1.165, 1.54) is 11.1 Å². The van der Waals surface area contributed by atoms with Crippen molar-refractivity contribution in [3.63, 3.8) is 0 Å². The van der Waals surface area contributed by atoms with Gasteiger partial charge in [-0.15, -0.1) is 0 Å². The van der Waals surface area contributed by atoms with Gasteiger partial charge in [0, 0.05) is 6.54 Å². The summed E-state index contributed by atoms with van der Waals surface area (Å²) in [6.45, 7) is 2.68. The molecule has 2 aromatic rings. The minimum atomic E-state index is -0.0251. The molecule has 0 amide bonds. The zero-order valence-corrected chi connectivity index (χ0v) is 12.6. The summed E-state index contributed by atoms with van der Waals surface area (Å²) in [5.41, 5.74) is 2.55. The molecule has 21 heavy (non-hydrogen) atoms. The Bertz CT molecular complexity index is 635. The lowest BCUT2D eigenvalue weighted by Gasteiger charge is -2.25. The predicted octanol–water partition coefficient (Wildman–Crippen LogP) is 3.41. The van der Waals surface area contributed by atoms with Gasteiger partial charge in [0.1, 0.15) is 6.10 Å². The maximum Gasteiger partial charge on any atom is 0.323 e. The molecule has 1 heterocycles. The van der Waals surface area contributed by atoms with Crippen LogP contribution in [-0.4, -0.2) is 21.5 Å². The number of benzene rings is 1. The smallest absolute Gasteiger partial charge is 0.323 e. The van der Waals surface area contributed by atoms with E-state index in [2.05, 4.69) is 38.5 Å². The molecule has 1 aliphatic carbocycles. The summed E-state index contributed by atoms with van der Waals surface area (Å²) in [4.78, 5) is 12.3. The Balaban J connectivity index is 1.84. The van der Waals surface area contributed by atoms with Gasteiger partial charge in [-0.3, -0.25) is 0 Å². The van der Waals surface area contributed by atoms with Crippen molar-refractivity contribution in [1.29, 1.82) is 0 Å². The van der Waals surface area contributed by atoms with Crippen molar-refractivity contribution >= 4 is 17.5 Å². The monoisotopic (exact) mass is 304 g/mol. The quantitative estimate of drug-likeness (QED) is 0.938. The number of aryl methyl sites for hydroxylation is 1. The highest BCUT2D eigenvalue weighted by Crippen LogP contribution is 2.32. The molecule has 1 atom stereocenters. The van der Waals surface area contributed by atoms with Gasteiger partial charge in [0.05, 0.1) is 0 Å². The van der Waals surface area contributed by atoms with Crippen molar-refractivity contribution in [2.45, 2.75) is 32.3 Å². The highest BCUT2D eigenvalue weighted by molar-refractivity contribution is 6.28. The molecular weight excluding hydrogens is 288 g/mol. The van der Waals surface area contributed by atoms with Gasteiger partial charge >= 0.3 is 6.01 Å². The lowest BCUT2D eigenvalue weighted by molar-refractivity contribution is 0.167. The Kier molecular flexibility index (Phi) is 4.20. The van der Waals surface area contributed by atoms with Crippen LogP contribution in [0.15, 0.2) is 24.3 Å². The molecule has 0 saturated carbocycles. The van der Waals surface area contributed by atoms with Crippen molar-refractivity contribution < 1.29 is 4.74 Å². The van der Waals surface area contributed by atoms with Crippen LogP contribution in [0, 0.1) is 0 Å². The molecule has 3 rings (SSSR count). The van der Waals surface area contributed by atoms with Gasteiger partial charge in [-0.1, -0.05) is 24.3 Å². The molecule has 1 aromatic heterocycles. The van der Waals surface area contributed by atoms with Crippen LogP contribution in [0.4, 0.5) is 5.95 Å². The second-order valence-corrected chi connectivity index (χ2v) is 5.28. The molecule has 0 spiro atoms. The van der Waals surface area contributed by atoms with Gasteiger partial charge in [-0.05, 0) is 48.9 Å². The van der Waals surface area contributed by atoms with E-state index < -0.39 is 0 Å². The standard InChI is InChI=1S/C15H17ClN4O/c1-2-17-14-18-13(16)19-15(20-14)21-12-9-5-7-10-6-3-4-8-11(10)12/h3-4,6,8,12H,2,5,7,9H2,1H3,(H,17,18,19,20). The summed E-state index contributed by atoms with van der Waals surface area (Å²) in [7, 11) is 0. The Morgan fingerprint density at radius 1 is 1.29 bits per heavy atom. The zero-order valence-electron chi connectivity index (χ0n) is 11.8. The van der Waals surface area contributed by atoms with Crippen LogP contribution < -0.4 is 10.1 Å². The van der Waals surface area contributed by atoms with Crippen molar-refractivity contribution in [1.82, 2.24) is 15.0 Å². The Morgan fingerprint density at radius 2 is 2.14 bits per heavy atom. The Labute approximate surface area is 128 Å². The number of nitrogens with one attached hydrogen (secondary N) is 1. The average Bonchev–Trinajstić information content (AvgIpc) is 2.47. The van der Waals surface area contributed by atoms with Crippen molar-refractivity contribution in [3.05, 3.63) is 40.7 Å². The SMILES string of the molecule is CCNc1nc(Cl)nc(OC2CCCc3ccccc32)n1. The lowest BCUT2D eigenvalue weighted by atomic mass is 9.89. The van der Waals surface area contributed by atoms with Gasteiger partial charge in [-0.2, -0.15) is 15.0 Å². The summed E-state index contributed by atoms with van der Waals surface area (Å²) >= 11 is 5.92. The Morgan fingerprint density at radius 3 is 3.00 bits per heavy atom. The maximum absolute atomic E-state index is 5.96. The molecule has 5 nitrogen and oxygen atoms in total. The third kappa shape index (κ3) is 3.24. The second kappa shape index (κ2) is 6.26. The van der Waals surface area contributed by atoms with E-state index in [0.717, 1.165) is 19.3 Å². The van der Waals surface area contributed by atoms with Crippen molar-refractivity contribution in [2.24, 2.45) is 0 Å². The van der Waals surface area contributed by atoms with Crippen molar-refractivity contribution in [3.8, 4) is 6.01 Å². The maximum atomic E-state index is 5.96. The van der Waals surface area contributed by atoms with Crippen molar-refractivity contribution in [2.75, 3.05) is 11.9 Å². The van der Waals surface area contributed by atoms with Gasteiger partial charge in [0.2, 0.25) is 11.2 Å². The zero-order chi connectivity index (χ0) is 14.7. The number of fused-ring (bicyclic) bond motifs is 1. The van der Waals surface area contributed by atoms with Crippen LogP contribution in [0.2, 0.25) is 5.28 Å². The number of hydrogen-bond donors (Lipinski definition) is 1. The van der Waals surface area contributed by atoms with Gasteiger partial charge < -0.3 is 10.1 Å². The predicted molar refractivity (Wildman–Crippen MR) is 81.7 cm³/mol. The normalized spacial score (nSPS) is 17.1. The number of halogens is 1. The van der Waals surface area contributed by atoms with E-state index in [-0.39, 0.29) is 17.4 Å². The number of ether oxygens (including phenoxy) is 1. The van der Waals surface area contributed by atoms with E-state index in [1.807, 2.05) is 13.0 Å². The molecule has 1 aromatic carbocycles. The molecule has 0 aliphatic heterocycles. The number of rotatable bonds is 4. The first-order valence-corrected chi connectivity index (χ1v) is 7.54. The molecule has 0 radical (unpaired) electrons. The minimum absolute atomic E-state index is 0.0251. The largest absolute Gasteiger partial charge is 0.455 e. The summed E-state index contributed by atoms with van der Waals surface area (Å²) in [6.07, 6.45) is 3.12. The first-order chi connectivity index (χ1) is 10.3. The number of nitrogens with zero attached hydrogens (tertiary/aromatic N) is 3. The highest BCUT2D eigenvalue weighted by atomic mass is 35.5. The number of hydrogen-bond acceptors (Lipinski definition) is 5. The first kappa shape index (κ1) is 14.1. The molecular formula is C15H17ClN4O. The molecule has 0 fully saturated rings. The summed E-state index contributed by atoms with van der Waals surface area (Å²) < 4.78 is 5.96. The van der Waals surface area contributed by atoms with E-state index in [4.69, 9.17) is 16.3 Å². The molecule has 1 aliphatic rings. The van der Waals surface area contributed by atoms with Crippen LogP contribution in [0.25, 0.3) is 0 Å². The van der Waals surface area contributed by atoms with Gasteiger partial charge in [-0.25, -0.2) is 0 Å². The van der Waals surface area contributed by atoms with Crippen LogP contribution in [0.5, 0.6) is 6.01 Å². The van der Waals surface area contributed by atoms with Crippen LogP contribution in [0.3, 0.4) is 0 Å². The summed E-state index contributed by atoms with van der Waals surface area (Å²) in [5, 5.41) is 3.16. The second-order valence-electron chi connectivity index (χ2n) is 4.94.